The van der Waals surface area contributed by atoms with Crippen molar-refractivity contribution in [1.82, 2.24) is 10.3 Å². The van der Waals surface area contributed by atoms with Gasteiger partial charge < -0.3 is 4.74 Å². The number of halogens is 1. The number of nitrogens with zero attached hydrogens (tertiary/aromatic N) is 4. The molecule has 9 nitrogen and oxygen atoms in total. The Bertz CT molecular complexity index is 1220. The Hall–Kier alpha value is -2.92. The van der Waals surface area contributed by atoms with Crippen molar-refractivity contribution in [3.63, 3.8) is 0 Å². The fourth-order valence-corrected chi connectivity index (χ4v) is 4.01. The monoisotopic (exact) mass is 489 g/mol. The lowest BCUT2D eigenvalue weighted by molar-refractivity contribution is -0.385. The molecule has 1 amide bonds. The molecule has 2 aromatic carbocycles. The van der Waals surface area contributed by atoms with E-state index >= 15 is 0 Å². The predicted molar refractivity (Wildman–Crippen MR) is 116 cm³/mol. The lowest BCUT2D eigenvalue weighted by Gasteiger charge is -2.34. The van der Waals surface area contributed by atoms with E-state index in [-0.39, 0.29) is 11.6 Å². The minimum atomic E-state index is -0.802. The molecule has 2 heterocycles. The second kappa shape index (κ2) is 8.07. The first kappa shape index (κ1) is 20.4. The Labute approximate surface area is 183 Å². The van der Waals surface area contributed by atoms with E-state index < -0.39 is 11.1 Å². The van der Waals surface area contributed by atoms with Gasteiger partial charge in [-0.3, -0.25) is 25.2 Å². The number of nitro benzene ring substituents is 1. The predicted octanol–water partition coefficient (Wildman–Crippen LogP) is 2.26. The highest BCUT2D eigenvalue weighted by molar-refractivity contribution is 9.10. The third kappa shape index (κ3) is 3.54. The van der Waals surface area contributed by atoms with E-state index in [0.29, 0.717) is 39.4 Å². The van der Waals surface area contributed by atoms with Crippen LogP contribution in [0.3, 0.4) is 0 Å². The molecule has 2 aliphatic rings. The van der Waals surface area contributed by atoms with Crippen molar-refractivity contribution in [3.05, 3.63) is 67.1 Å². The van der Waals surface area contributed by atoms with E-state index in [1.807, 2.05) is 13.0 Å². The number of hydrogen-bond acceptors (Lipinski definition) is 8. The van der Waals surface area contributed by atoms with Crippen molar-refractivity contribution < 1.29 is 14.5 Å². The van der Waals surface area contributed by atoms with Gasteiger partial charge in [-0.05, 0) is 37.4 Å². The number of nitrogens with one attached hydrogen (secondary N) is 1. The minimum Gasteiger partial charge on any atom is -0.493 e. The van der Waals surface area contributed by atoms with Crippen LogP contribution < -0.4 is 20.6 Å². The van der Waals surface area contributed by atoms with Gasteiger partial charge in [-0.2, -0.15) is 0 Å². The first-order chi connectivity index (χ1) is 14.4. The molecule has 0 aromatic heterocycles. The molecule has 0 spiro atoms. The Balaban J connectivity index is 2.01. The van der Waals surface area contributed by atoms with Crippen LogP contribution in [-0.4, -0.2) is 33.9 Å². The van der Waals surface area contributed by atoms with Gasteiger partial charge in [0.1, 0.15) is 11.4 Å². The zero-order chi connectivity index (χ0) is 21.4. The molecular formula is C19H16BrN5O4S. The number of nitro groups is 1. The first-order valence-corrected chi connectivity index (χ1v) is 11.0. The number of fused-ring (bicyclic) bond motifs is 2. The molecule has 0 saturated heterocycles. The summed E-state index contributed by atoms with van der Waals surface area (Å²) in [5.74, 6) is 0.126. The normalized spacial score (nSPS) is 17.4. The zero-order valence-corrected chi connectivity index (χ0v) is 18.4. The van der Waals surface area contributed by atoms with Crippen LogP contribution in [0.2, 0.25) is 0 Å². The van der Waals surface area contributed by atoms with E-state index in [0.717, 1.165) is 4.47 Å². The van der Waals surface area contributed by atoms with Gasteiger partial charge in [0.25, 0.3) is 11.6 Å². The SMILES string of the molecule is CCOc1ccc([N+](=O)[O-])cc1C1N=c2ccc(Br)cc2=C2C(=O)NC(SC)=NN21. The summed E-state index contributed by atoms with van der Waals surface area (Å²) in [6, 6.07) is 9.76. The number of hydrazone groups is 1. The van der Waals surface area contributed by atoms with Crippen LogP contribution in [0.25, 0.3) is 5.70 Å². The van der Waals surface area contributed by atoms with Gasteiger partial charge in [0.05, 0.1) is 16.9 Å². The van der Waals surface area contributed by atoms with E-state index in [9.17, 15) is 14.9 Å². The van der Waals surface area contributed by atoms with Gasteiger partial charge >= 0.3 is 0 Å². The van der Waals surface area contributed by atoms with Crippen molar-refractivity contribution in [2.45, 2.75) is 13.1 Å². The number of amides is 1. The van der Waals surface area contributed by atoms with Crippen molar-refractivity contribution in [3.8, 4) is 5.75 Å². The molecule has 2 aromatic rings. The summed E-state index contributed by atoms with van der Waals surface area (Å²) in [5, 5.41) is 21.8. The highest BCUT2D eigenvalue weighted by Crippen LogP contribution is 2.37. The summed E-state index contributed by atoms with van der Waals surface area (Å²) in [7, 11) is 0. The molecule has 0 aliphatic carbocycles. The van der Waals surface area contributed by atoms with Crippen LogP contribution in [0.5, 0.6) is 5.75 Å². The van der Waals surface area contributed by atoms with E-state index in [2.05, 4.69) is 26.3 Å². The molecule has 11 heteroatoms. The lowest BCUT2D eigenvalue weighted by atomic mass is 10.1. The molecule has 1 unspecified atom stereocenters. The quantitative estimate of drug-likeness (QED) is 0.520. The van der Waals surface area contributed by atoms with Crippen molar-refractivity contribution in [1.29, 1.82) is 0 Å². The highest BCUT2D eigenvalue weighted by Gasteiger charge is 2.36. The van der Waals surface area contributed by atoms with Crippen LogP contribution in [0, 0.1) is 10.1 Å². The molecule has 0 fully saturated rings. The fraction of sp³-hybridized carbons (Fsp3) is 0.211. The number of hydrogen-bond donors (Lipinski definition) is 1. The Kier molecular flexibility index (Phi) is 5.48. The molecule has 154 valence electrons. The number of non-ortho nitro benzene ring substituents is 1. The summed E-state index contributed by atoms with van der Waals surface area (Å²) in [5.41, 5.74) is 0.677. The second-order valence-corrected chi connectivity index (χ2v) is 8.04. The standard InChI is InChI=1S/C19H16BrN5O4S/c1-3-29-15-7-5-11(25(27)28)9-13(15)17-21-14-6-4-10(20)8-12(14)16-18(26)22-19(30-2)23-24(16)17/h4-9,17H,3H2,1-2H3,(H,22,23,26). The number of ether oxygens (including phenoxy) is 1. The molecule has 0 radical (unpaired) electrons. The number of carbonyl (C=O) groups excluding carboxylic acids is 1. The fourth-order valence-electron chi connectivity index (χ4n) is 3.28. The van der Waals surface area contributed by atoms with Gasteiger partial charge in [0.2, 0.25) is 0 Å². The second-order valence-electron chi connectivity index (χ2n) is 6.33. The first-order valence-electron chi connectivity index (χ1n) is 8.95. The van der Waals surface area contributed by atoms with Crippen LogP contribution in [-0.2, 0) is 4.79 Å². The highest BCUT2D eigenvalue weighted by atomic mass is 79.9. The van der Waals surface area contributed by atoms with Gasteiger partial charge in [0, 0.05) is 27.4 Å². The van der Waals surface area contributed by atoms with Crippen LogP contribution in [0.15, 0.2) is 51.0 Å². The molecule has 0 saturated carbocycles. The van der Waals surface area contributed by atoms with Crippen LogP contribution in [0.1, 0.15) is 18.7 Å². The average molecular weight is 490 g/mol. The third-order valence-corrected chi connectivity index (χ3v) is 5.61. The summed E-state index contributed by atoms with van der Waals surface area (Å²) >= 11 is 4.71. The van der Waals surface area contributed by atoms with Crippen LogP contribution in [0.4, 0.5) is 5.69 Å². The van der Waals surface area contributed by atoms with Gasteiger partial charge in [0.15, 0.2) is 11.3 Å². The van der Waals surface area contributed by atoms with Gasteiger partial charge in [-0.1, -0.05) is 27.7 Å². The summed E-state index contributed by atoms with van der Waals surface area (Å²) in [4.78, 5) is 28.6. The number of thioether (sulfide) groups is 1. The number of rotatable bonds is 4. The molecule has 2 aliphatic heterocycles. The smallest absolute Gasteiger partial charge is 0.276 e. The number of benzene rings is 2. The van der Waals surface area contributed by atoms with Gasteiger partial charge in [-0.15, -0.1) is 5.10 Å². The number of carbonyl (C=O) groups is 1. The van der Waals surface area contributed by atoms with Crippen molar-refractivity contribution in [2.75, 3.05) is 12.9 Å². The molecule has 1 N–H and O–H groups in total. The summed E-state index contributed by atoms with van der Waals surface area (Å²) < 4.78 is 6.50. The van der Waals surface area contributed by atoms with Crippen molar-refractivity contribution in [2.24, 2.45) is 10.1 Å². The minimum absolute atomic E-state index is 0.0951. The van der Waals surface area contributed by atoms with E-state index in [4.69, 9.17) is 9.73 Å². The molecule has 4 rings (SSSR count). The maximum atomic E-state index is 13.0. The Morgan fingerprint density at radius 2 is 2.13 bits per heavy atom. The summed E-state index contributed by atoms with van der Waals surface area (Å²) in [6.07, 6.45) is 0.993. The molecule has 1 atom stereocenters. The molecule has 30 heavy (non-hydrogen) atoms. The average Bonchev–Trinajstić information content (AvgIpc) is 2.73. The largest absolute Gasteiger partial charge is 0.493 e. The molecule has 0 bridgehead atoms. The number of amidine groups is 1. The van der Waals surface area contributed by atoms with Crippen molar-refractivity contribution >= 4 is 50.2 Å². The molecular weight excluding hydrogens is 474 g/mol. The summed E-state index contributed by atoms with van der Waals surface area (Å²) in [6.45, 7) is 2.20. The Morgan fingerprint density at radius 1 is 1.33 bits per heavy atom. The topological polar surface area (TPSA) is 109 Å². The van der Waals surface area contributed by atoms with Crippen LogP contribution >= 0.6 is 27.7 Å². The zero-order valence-electron chi connectivity index (χ0n) is 16.0. The Morgan fingerprint density at radius 3 is 2.83 bits per heavy atom. The lowest BCUT2D eigenvalue weighted by Crippen LogP contribution is -2.50. The van der Waals surface area contributed by atoms with E-state index in [1.54, 1.807) is 24.5 Å². The van der Waals surface area contributed by atoms with Gasteiger partial charge in [-0.25, -0.2) is 5.01 Å². The van der Waals surface area contributed by atoms with E-state index in [1.165, 1.54) is 28.9 Å². The maximum absolute atomic E-state index is 13.0. The third-order valence-electron chi connectivity index (χ3n) is 4.55. The maximum Gasteiger partial charge on any atom is 0.276 e.